The molecule has 1 aromatic carbocycles. The quantitative estimate of drug-likeness (QED) is 0.563. The van der Waals surface area contributed by atoms with Crippen molar-refractivity contribution in [2.75, 3.05) is 25.1 Å². The summed E-state index contributed by atoms with van der Waals surface area (Å²) in [6, 6.07) is 4.77. The van der Waals surface area contributed by atoms with E-state index in [1.54, 1.807) is 12.1 Å². The summed E-state index contributed by atoms with van der Waals surface area (Å²) in [6.07, 6.45) is 1.19. The first-order valence-corrected chi connectivity index (χ1v) is 10.2. The smallest absolute Gasteiger partial charge is 0.263 e. The molecule has 0 radical (unpaired) electrons. The van der Waals surface area contributed by atoms with Gasteiger partial charge in [-0.2, -0.15) is 0 Å². The van der Waals surface area contributed by atoms with Crippen LogP contribution in [-0.4, -0.2) is 55.6 Å². The molecule has 8 nitrogen and oxygen atoms in total. The summed E-state index contributed by atoms with van der Waals surface area (Å²) in [6.45, 7) is 6.65. The number of hydrogen-bond acceptors (Lipinski definition) is 6. The molecule has 2 aliphatic rings. The van der Waals surface area contributed by atoms with Crippen molar-refractivity contribution >= 4 is 44.8 Å². The van der Waals surface area contributed by atoms with Gasteiger partial charge in [0.2, 0.25) is 5.91 Å². The Morgan fingerprint density at radius 2 is 2.03 bits per heavy atom. The van der Waals surface area contributed by atoms with Crippen molar-refractivity contribution < 1.29 is 19.1 Å². The number of rotatable bonds is 4. The highest BCUT2D eigenvalue weighted by Gasteiger charge is 2.31. The van der Waals surface area contributed by atoms with E-state index in [1.807, 2.05) is 13.0 Å². The van der Waals surface area contributed by atoms with Crippen molar-refractivity contribution in [3.63, 3.8) is 0 Å². The Kier molecular flexibility index (Phi) is 5.25. The van der Waals surface area contributed by atoms with E-state index < -0.39 is 0 Å². The Hall–Kier alpha value is -2.91. The van der Waals surface area contributed by atoms with Crippen LogP contribution in [0, 0.1) is 0 Å². The highest BCUT2D eigenvalue weighted by Crippen LogP contribution is 2.37. The lowest BCUT2D eigenvalue weighted by Gasteiger charge is -2.19. The van der Waals surface area contributed by atoms with E-state index in [0.717, 1.165) is 15.8 Å². The molecule has 4 rings (SSSR count). The molecule has 9 heteroatoms. The molecule has 0 unspecified atom stereocenters. The lowest BCUT2D eigenvalue weighted by atomic mass is 10.1. The van der Waals surface area contributed by atoms with Crippen LogP contribution >= 0.6 is 11.3 Å². The Labute approximate surface area is 171 Å². The van der Waals surface area contributed by atoms with Crippen molar-refractivity contribution in [2.45, 2.75) is 25.0 Å². The van der Waals surface area contributed by atoms with Crippen molar-refractivity contribution in [2.24, 2.45) is 0 Å². The second-order valence-electron chi connectivity index (χ2n) is 7.21. The molecular formula is C20H22N4O4S. The number of amides is 3. The Bertz CT molecular complexity index is 1000. The molecule has 1 aromatic heterocycles. The molecule has 152 valence electrons. The lowest BCUT2D eigenvalue weighted by molar-refractivity contribution is -0.117. The van der Waals surface area contributed by atoms with Gasteiger partial charge in [0.1, 0.15) is 4.88 Å². The summed E-state index contributed by atoms with van der Waals surface area (Å²) in [4.78, 5) is 37.4. The fourth-order valence-corrected chi connectivity index (χ4v) is 4.56. The second-order valence-corrected chi connectivity index (χ2v) is 8.26. The molecule has 0 bridgehead atoms. The van der Waals surface area contributed by atoms with Gasteiger partial charge in [-0.05, 0) is 31.2 Å². The van der Waals surface area contributed by atoms with Gasteiger partial charge < -0.3 is 26.0 Å². The largest absolute Gasteiger partial charge is 0.381 e. The number of ether oxygens (including phenoxy) is 1. The van der Waals surface area contributed by atoms with E-state index in [2.05, 4.69) is 27.8 Å². The van der Waals surface area contributed by atoms with E-state index in [-0.39, 0.29) is 35.8 Å². The summed E-state index contributed by atoms with van der Waals surface area (Å²) >= 11 is 1.40. The van der Waals surface area contributed by atoms with Crippen LogP contribution in [0.1, 0.15) is 27.0 Å². The first kappa shape index (κ1) is 19.4. The van der Waals surface area contributed by atoms with Gasteiger partial charge in [0.15, 0.2) is 0 Å². The first-order valence-electron chi connectivity index (χ1n) is 9.39. The summed E-state index contributed by atoms with van der Waals surface area (Å²) < 4.78 is 6.34. The number of nitrogens with one attached hydrogen (secondary N) is 4. The summed E-state index contributed by atoms with van der Waals surface area (Å²) in [7, 11) is 0. The fourth-order valence-electron chi connectivity index (χ4n) is 3.50. The van der Waals surface area contributed by atoms with Gasteiger partial charge in [-0.25, -0.2) is 0 Å². The fraction of sp³-hybridized carbons (Fsp3) is 0.350. The van der Waals surface area contributed by atoms with E-state index in [4.69, 9.17) is 4.74 Å². The van der Waals surface area contributed by atoms with Crippen molar-refractivity contribution in [1.29, 1.82) is 0 Å². The predicted octanol–water partition coefficient (Wildman–Crippen LogP) is 1.24. The Morgan fingerprint density at radius 3 is 2.79 bits per heavy atom. The van der Waals surface area contributed by atoms with Gasteiger partial charge in [0, 0.05) is 28.2 Å². The maximum Gasteiger partial charge on any atom is 0.263 e. The molecular weight excluding hydrogens is 392 g/mol. The molecule has 0 saturated carbocycles. The second kappa shape index (κ2) is 7.84. The van der Waals surface area contributed by atoms with Gasteiger partial charge in [0.05, 0.1) is 31.0 Å². The van der Waals surface area contributed by atoms with E-state index in [1.165, 1.54) is 17.4 Å². The third-order valence-corrected chi connectivity index (χ3v) is 6.20. The van der Waals surface area contributed by atoms with Crippen LogP contribution < -0.4 is 21.3 Å². The molecule has 0 spiro atoms. The Balaban J connectivity index is 1.56. The van der Waals surface area contributed by atoms with E-state index in [9.17, 15) is 14.4 Å². The average molecular weight is 414 g/mol. The third kappa shape index (κ3) is 3.83. The molecule has 3 amide bonds. The molecule has 2 aliphatic heterocycles. The average Bonchev–Trinajstić information content (AvgIpc) is 3.26. The number of carbonyl (C=O) groups is 3. The molecule has 3 atom stereocenters. The molecule has 4 N–H and O–H groups in total. The summed E-state index contributed by atoms with van der Waals surface area (Å²) in [5.41, 5.74) is 1.25. The zero-order chi connectivity index (χ0) is 20.5. The van der Waals surface area contributed by atoms with Gasteiger partial charge in [0.25, 0.3) is 11.8 Å². The van der Waals surface area contributed by atoms with Crippen LogP contribution in [0.5, 0.6) is 0 Å². The van der Waals surface area contributed by atoms with Crippen LogP contribution in [0.15, 0.2) is 30.9 Å². The van der Waals surface area contributed by atoms with Gasteiger partial charge in [-0.1, -0.05) is 6.58 Å². The minimum absolute atomic E-state index is 0.0220. The topological polar surface area (TPSA) is 109 Å². The lowest BCUT2D eigenvalue weighted by Crippen LogP contribution is -2.50. The molecule has 0 aliphatic carbocycles. The summed E-state index contributed by atoms with van der Waals surface area (Å²) in [5, 5.41) is 12.8. The zero-order valence-corrected chi connectivity index (χ0v) is 16.7. The molecule has 2 aromatic rings. The number of carbonyl (C=O) groups excluding carboxylic acids is 3. The maximum atomic E-state index is 12.8. The Morgan fingerprint density at radius 1 is 1.28 bits per heavy atom. The number of fused-ring (bicyclic) bond motifs is 3. The zero-order valence-electron chi connectivity index (χ0n) is 15.9. The number of anilines is 1. The van der Waals surface area contributed by atoms with Crippen molar-refractivity contribution in [3.8, 4) is 0 Å². The highest BCUT2D eigenvalue weighted by molar-refractivity contribution is 7.21. The van der Waals surface area contributed by atoms with Crippen LogP contribution in [0.3, 0.4) is 0 Å². The van der Waals surface area contributed by atoms with Gasteiger partial charge in [-0.3, -0.25) is 14.4 Å². The normalized spacial score (nSPS) is 23.5. The number of thiophene rings is 1. The van der Waals surface area contributed by atoms with Gasteiger partial charge in [-0.15, -0.1) is 11.3 Å². The third-order valence-electron chi connectivity index (χ3n) is 5.03. The number of benzene rings is 1. The van der Waals surface area contributed by atoms with E-state index in [0.29, 0.717) is 30.2 Å². The molecule has 29 heavy (non-hydrogen) atoms. The van der Waals surface area contributed by atoms with Crippen LogP contribution in [-0.2, 0) is 9.53 Å². The molecule has 1 fully saturated rings. The van der Waals surface area contributed by atoms with E-state index >= 15 is 0 Å². The van der Waals surface area contributed by atoms with Crippen LogP contribution in [0.4, 0.5) is 5.69 Å². The maximum absolute atomic E-state index is 12.8. The SMILES string of the molecule is C=CC(=O)N[C@H]1COC[C@H]1NC(=O)c1ccc2sc3c(c2c1)NC[C@@H](C)NC3=O. The number of hydrogen-bond donors (Lipinski definition) is 4. The first-order chi connectivity index (χ1) is 14.0. The minimum Gasteiger partial charge on any atom is -0.381 e. The van der Waals surface area contributed by atoms with Crippen LogP contribution in [0.25, 0.3) is 10.1 Å². The van der Waals surface area contributed by atoms with Crippen LogP contribution in [0.2, 0.25) is 0 Å². The molecule has 1 saturated heterocycles. The van der Waals surface area contributed by atoms with Crippen molar-refractivity contribution in [3.05, 3.63) is 41.3 Å². The standard InChI is InChI=1S/C20H22N4O4S/c1-3-16(25)23-13-8-28-9-14(13)24-19(26)11-4-5-15-12(6-11)17-18(29-15)20(27)22-10(2)7-21-17/h3-6,10,13-14,21H,1,7-9H2,2H3,(H,22,27)(H,23,25)(H,24,26)/t10-,13+,14-/m1/s1. The summed E-state index contributed by atoms with van der Waals surface area (Å²) in [5.74, 6) is -0.666. The van der Waals surface area contributed by atoms with Gasteiger partial charge >= 0.3 is 0 Å². The molecule has 3 heterocycles. The minimum atomic E-state index is -0.327. The monoisotopic (exact) mass is 414 g/mol. The predicted molar refractivity (Wildman–Crippen MR) is 111 cm³/mol. The highest BCUT2D eigenvalue weighted by atomic mass is 32.1. The van der Waals surface area contributed by atoms with Crippen molar-refractivity contribution in [1.82, 2.24) is 16.0 Å².